The highest BCUT2D eigenvalue weighted by molar-refractivity contribution is 5.72. The molecule has 0 saturated carbocycles. The second-order valence-electron chi connectivity index (χ2n) is 5.66. The number of aryl methyl sites for hydroxylation is 1. The average Bonchev–Trinajstić information content (AvgIpc) is 2.36. The standard InChI is InChI=1S/C16H22O4/c1-16(2,3)20-14(17)10-9-12-5-7-13(8-6-12)11-15(18)19-4/h5-8H,9-11H2,1-4H3. The van der Waals surface area contributed by atoms with E-state index in [0.717, 1.165) is 11.1 Å². The molecule has 0 bridgehead atoms. The summed E-state index contributed by atoms with van der Waals surface area (Å²) in [6.45, 7) is 5.56. The Morgan fingerprint density at radius 1 is 1.00 bits per heavy atom. The number of rotatable bonds is 5. The topological polar surface area (TPSA) is 52.6 Å². The average molecular weight is 278 g/mol. The number of carbonyl (C=O) groups excluding carboxylic acids is 2. The van der Waals surface area contributed by atoms with Crippen molar-refractivity contribution in [1.82, 2.24) is 0 Å². The van der Waals surface area contributed by atoms with Crippen LogP contribution in [-0.4, -0.2) is 24.6 Å². The molecule has 20 heavy (non-hydrogen) atoms. The highest BCUT2D eigenvalue weighted by Gasteiger charge is 2.15. The first kappa shape index (κ1) is 16.2. The SMILES string of the molecule is COC(=O)Cc1ccc(CCC(=O)OC(C)(C)C)cc1. The molecule has 1 rings (SSSR count). The lowest BCUT2D eigenvalue weighted by atomic mass is 10.1. The summed E-state index contributed by atoms with van der Waals surface area (Å²) in [5.74, 6) is -0.456. The van der Waals surface area contributed by atoms with Gasteiger partial charge in [-0.25, -0.2) is 0 Å². The Labute approximate surface area is 120 Å². The molecule has 110 valence electrons. The van der Waals surface area contributed by atoms with Crippen molar-refractivity contribution >= 4 is 11.9 Å². The first-order valence-corrected chi connectivity index (χ1v) is 6.66. The summed E-state index contributed by atoms with van der Waals surface area (Å²) in [4.78, 5) is 22.7. The smallest absolute Gasteiger partial charge is 0.309 e. The van der Waals surface area contributed by atoms with Crippen molar-refractivity contribution in [3.63, 3.8) is 0 Å². The van der Waals surface area contributed by atoms with Crippen LogP contribution in [0.2, 0.25) is 0 Å². The van der Waals surface area contributed by atoms with Crippen LogP contribution in [0.15, 0.2) is 24.3 Å². The molecule has 4 nitrogen and oxygen atoms in total. The van der Waals surface area contributed by atoms with E-state index in [-0.39, 0.29) is 18.4 Å². The Hall–Kier alpha value is -1.84. The fraction of sp³-hybridized carbons (Fsp3) is 0.500. The van der Waals surface area contributed by atoms with E-state index in [1.807, 2.05) is 45.0 Å². The van der Waals surface area contributed by atoms with E-state index >= 15 is 0 Å². The van der Waals surface area contributed by atoms with Gasteiger partial charge in [-0.15, -0.1) is 0 Å². The molecular weight excluding hydrogens is 256 g/mol. The first-order valence-electron chi connectivity index (χ1n) is 6.66. The van der Waals surface area contributed by atoms with E-state index in [0.29, 0.717) is 12.8 Å². The van der Waals surface area contributed by atoms with Gasteiger partial charge in [0, 0.05) is 6.42 Å². The Bertz CT molecular complexity index is 454. The van der Waals surface area contributed by atoms with E-state index in [1.54, 1.807) is 0 Å². The maximum atomic E-state index is 11.6. The van der Waals surface area contributed by atoms with Crippen molar-refractivity contribution in [2.45, 2.75) is 45.6 Å². The van der Waals surface area contributed by atoms with Gasteiger partial charge in [0.25, 0.3) is 0 Å². The van der Waals surface area contributed by atoms with Gasteiger partial charge in [-0.1, -0.05) is 24.3 Å². The summed E-state index contributed by atoms with van der Waals surface area (Å²) in [6, 6.07) is 7.59. The van der Waals surface area contributed by atoms with Gasteiger partial charge in [0.15, 0.2) is 0 Å². The molecule has 0 atom stereocenters. The summed E-state index contributed by atoms with van der Waals surface area (Å²) in [5, 5.41) is 0. The lowest BCUT2D eigenvalue weighted by Crippen LogP contribution is -2.24. The van der Waals surface area contributed by atoms with Crippen molar-refractivity contribution in [2.75, 3.05) is 7.11 Å². The van der Waals surface area contributed by atoms with Gasteiger partial charge >= 0.3 is 11.9 Å². The molecule has 0 aromatic heterocycles. The minimum absolute atomic E-state index is 0.198. The highest BCUT2D eigenvalue weighted by Crippen LogP contribution is 2.12. The summed E-state index contributed by atoms with van der Waals surface area (Å²) >= 11 is 0. The number of hydrogen-bond donors (Lipinski definition) is 0. The van der Waals surface area contributed by atoms with Crippen molar-refractivity contribution < 1.29 is 19.1 Å². The Balaban J connectivity index is 2.46. The third-order valence-corrected chi connectivity index (χ3v) is 2.64. The van der Waals surface area contributed by atoms with Crippen molar-refractivity contribution in [3.8, 4) is 0 Å². The van der Waals surface area contributed by atoms with Crippen LogP contribution in [0.25, 0.3) is 0 Å². The molecule has 0 aliphatic carbocycles. The Kier molecular flexibility index (Phi) is 5.74. The van der Waals surface area contributed by atoms with Crippen LogP contribution < -0.4 is 0 Å². The zero-order chi connectivity index (χ0) is 15.2. The van der Waals surface area contributed by atoms with Crippen LogP contribution in [0.1, 0.15) is 38.3 Å². The third kappa shape index (κ3) is 6.36. The van der Waals surface area contributed by atoms with Crippen LogP contribution in [0.5, 0.6) is 0 Å². The molecule has 0 unspecified atom stereocenters. The molecule has 0 aliphatic heterocycles. The molecule has 0 spiro atoms. The molecule has 4 heteroatoms. The Morgan fingerprint density at radius 2 is 1.55 bits per heavy atom. The largest absolute Gasteiger partial charge is 0.469 e. The fourth-order valence-corrected chi connectivity index (χ4v) is 1.70. The number of carbonyl (C=O) groups is 2. The number of benzene rings is 1. The van der Waals surface area contributed by atoms with Crippen LogP contribution in [0.3, 0.4) is 0 Å². The first-order chi connectivity index (χ1) is 9.30. The summed E-state index contributed by atoms with van der Waals surface area (Å²) in [5.41, 5.74) is 1.50. The molecule has 0 N–H and O–H groups in total. The molecule has 1 aromatic carbocycles. The van der Waals surface area contributed by atoms with Gasteiger partial charge in [-0.3, -0.25) is 9.59 Å². The lowest BCUT2D eigenvalue weighted by molar-refractivity contribution is -0.154. The molecule has 0 amide bonds. The van der Waals surface area contributed by atoms with E-state index in [2.05, 4.69) is 4.74 Å². The highest BCUT2D eigenvalue weighted by atomic mass is 16.6. The van der Waals surface area contributed by atoms with E-state index in [4.69, 9.17) is 4.74 Å². The zero-order valence-corrected chi connectivity index (χ0v) is 12.6. The zero-order valence-electron chi connectivity index (χ0n) is 12.6. The monoisotopic (exact) mass is 278 g/mol. The summed E-state index contributed by atoms with van der Waals surface area (Å²) < 4.78 is 9.86. The van der Waals surface area contributed by atoms with Crippen LogP contribution in [0.4, 0.5) is 0 Å². The van der Waals surface area contributed by atoms with Gasteiger partial charge in [0.1, 0.15) is 5.60 Å². The van der Waals surface area contributed by atoms with Crippen molar-refractivity contribution in [3.05, 3.63) is 35.4 Å². The van der Waals surface area contributed by atoms with Gasteiger partial charge in [0.2, 0.25) is 0 Å². The molecule has 1 aromatic rings. The van der Waals surface area contributed by atoms with Crippen LogP contribution >= 0.6 is 0 Å². The minimum atomic E-state index is -0.443. The number of esters is 2. The maximum Gasteiger partial charge on any atom is 0.309 e. The van der Waals surface area contributed by atoms with Gasteiger partial charge in [-0.05, 0) is 38.3 Å². The molecule has 0 fully saturated rings. The molecule has 0 heterocycles. The maximum absolute atomic E-state index is 11.6. The number of hydrogen-bond acceptors (Lipinski definition) is 4. The molecule has 0 aliphatic rings. The molecule has 0 radical (unpaired) electrons. The quantitative estimate of drug-likeness (QED) is 0.777. The fourth-order valence-electron chi connectivity index (χ4n) is 1.70. The van der Waals surface area contributed by atoms with Gasteiger partial charge < -0.3 is 9.47 Å². The summed E-state index contributed by atoms with van der Waals surface area (Å²) in [7, 11) is 1.37. The van der Waals surface area contributed by atoms with Gasteiger partial charge in [-0.2, -0.15) is 0 Å². The lowest BCUT2D eigenvalue weighted by Gasteiger charge is -2.19. The van der Waals surface area contributed by atoms with Crippen LogP contribution in [-0.2, 0) is 31.9 Å². The minimum Gasteiger partial charge on any atom is -0.469 e. The summed E-state index contributed by atoms with van der Waals surface area (Å²) in [6.07, 6.45) is 1.25. The van der Waals surface area contributed by atoms with Crippen LogP contribution in [0, 0.1) is 0 Å². The van der Waals surface area contributed by atoms with Crippen molar-refractivity contribution in [1.29, 1.82) is 0 Å². The Morgan fingerprint density at radius 3 is 2.05 bits per heavy atom. The normalized spacial score (nSPS) is 11.0. The number of methoxy groups -OCH3 is 1. The number of ether oxygens (including phenoxy) is 2. The predicted molar refractivity (Wildman–Crippen MR) is 76.3 cm³/mol. The van der Waals surface area contributed by atoms with E-state index < -0.39 is 5.60 Å². The third-order valence-electron chi connectivity index (χ3n) is 2.64. The molecular formula is C16H22O4. The second kappa shape index (κ2) is 7.08. The van der Waals surface area contributed by atoms with E-state index in [1.165, 1.54) is 7.11 Å². The molecule has 0 saturated heterocycles. The second-order valence-corrected chi connectivity index (χ2v) is 5.66. The van der Waals surface area contributed by atoms with Crippen molar-refractivity contribution in [2.24, 2.45) is 0 Å². The van der Waals surface area contributed by atoms with E-state index in [9.17, 15) is 9.59 Å². The van der Waals surface area contributed by atoms with Gasteiger partial charge in [0.05, 0.1) is 13.5 Å². The predicted octanol–water partition coefficient (Wildman–Crippen LogP) is 2.68.